The van der Waals surface area contributed by atoms with Gasteiger partial charge in [0.1, 0.15) is 0 Å². The summed E-state index contributed by atoms with van der Waals surface area (Å²) in [5.74, 6) is 0.236. The van der Waals surface area contributed by atoms with E-state index >= 15 is 0 Å². The second kappa shape index (κ2) is 9.81. The number of halogens is 1. The summed E-state index contributed by atoms with van der Waals surface area (Å²) in [5.41, 5.74) is 0.552. The van der Waals surface area contributed by atoms with Crippen LogP contribution in [0.15, 0.2) is 84.9 Å². The van der Waals surface area contributed by atoms with E-state index in [1.807, 2.05) is 29.2 Å². The van der Waals surface area contributed by atoms with Crippen LogP contribution >= 0.6 is 11.6 Å². The van der Waals surface area contributed by atoms with Crippen molar-refractivity contribution in [2.24, 2.45) is 5.41 Å². The Hall–Kier alpha value is -2.40. The quantitative estimate of drug-likeness (QED) is 0.357. The zero-order valence-corrected chi connectivity index (χ0v) is 23.3. The largest absolute Gasteiger partial charge is 0.404 e. The SMILES string of the molecule is CC(C)(C)[Si](OC1CCC2(CC1)CCN(c1ccccc1Cl)C2=O)(c1ccccc1)c1ccccc1. The third kappa shape index (κ3) is 4.34. The van der Waals surface area contributed by atoms with Crippen molar-refractivity contribution in [3.63, 3.8) is 0 Å². The normalized spacial score (nSPS) is 22.8. The van der Waals surface area contributed by atoms with Gasteiger partial charge >= 0.3 is 0 Å². The molecule has 1 amide bonds. The molecule has 1 heterocycles. The van der Waals surface area contributed by atoms with Gasteiger partial charge in [0.25, 0.3) is 8.32 Å². The molecule has 0 unspecified atom stereocenters. The minimum absolute atomic E-state index is 0.0467. The highest BCUT2D eigenvalue weighted by atomic mass is 35.5. The summed E-state index contributed by atoms with van der Waals surface area (Å²) in [6.45, 7) is 7.71. The van der Waals surface area contributed by atoms with Crippen molar-refractivity contribution in [1.82, 2.24) is 0 Å². The Balaban J connectivity index is 1.41. The van der Waals surface area contributed by atoms with Crippen molar-refractivity contribution >= 4 is 41.9 Å². The molecule has 5 heteroatoms. The van der Waals surface area contributed by atoms with E-state index in [1.54, 1.807) is 0 Å². The lowest BCUT2D eigenvalue weighted by Gasteiger charge is -2.47. The number of carbonyl (C=O) groups is 1. The fraction of sp³-hybridized carbons (Fsp3) is 0.387. The van der Waals surface area contributed by atoms with Crippen molar-refractivity contribution in [1.29, 1.82) is 0 Å². The first-order chi connectivity index (χ1) is 17.3. The van der Waals surface area contributed by atoms with Gasteiger partial charge in [-0.1, -0.05) is 105 Å². The summed E-state index contributed by atoms with van der Waals surface area (Å²) >= 11 is 6.44. The molecule has 1 saturated heterocycles. The maximum absolute atomic E-state index is 13.7. The summed E-state index contributed by atoms with van der Waals surface area (Å²) in [6.07, 6.45) is 4.59. The second-order valence-electron chi connectivity index (χ2n) is 11.4. The number of rotatable bonds is 5. The molecule has 1 aliphatic carbocycles. The molecule has 3 aromatic rings. The molecule has 0 N–H and O–H groups in total. The Bertz CT molecular complexity index is 1160. The zero-order valence-electron chi connectivity index (χ0n) is 21.5. The fourth-order valence-corrected chi connectivity index (χ4v) is 11.4. The molecular weight excluding hydrogens is 482 g/mol. The highest BCUT2D eigenvalue weighted by Gasteiger charge is 2.54. The van der Waals surface area contributed by atoms with Crippen LogP contribution < -0.4 is 15.3 Å². The maximum Gasteiger partial charge on any atom is 0.261 e. The first-order valence-electron chi connectivity index (χ1n) is 13.1. The molecule has 3 nitrogen and oxygen atoms in total. The first-order valence-corrected chi connectivity index (χ1v) is 15.4. The number of para-hydroxylation sites is 1. The lowest BCUT2D eigenvalue weighted by molar-refractivity contribution is -0.128. The monoisotopic (exact) mass is 517 g/mol. The number of benzene rings is 3. The Morgan fingerprint density at radius 2 is 1.36 bits per heavy atom. The van der Waals surface area contributed by atoms with Gasteiger partial charge in [-0.3, -0.25) is 4.79 Å². The van der Waals surface area contributed by atoms with Crippen molar-refractivity contribution in [3.05, 3.63) is 90.0 Å². The summed E-state index contributed by atoms with van der Waals surface area (Å²) in [4.78, 5) is 15.6. The van der Waals surface area contributed by atoms with Gasteiger partial charge in [-0.25, -0.2) is 0 Å². The lowest BCUT2D eigenvalue weighted by atomic mass is 9.72. The number of amides is 1. The van der Waals surface area contributed by atoms with Crippen LogP contribution in [0.2, 0.25) is 10.1 Å². The summed E-state index contributed by atoms with van der Waals surface area (Å²) in [7, 11) is -2.59. The van der Waals surface area contributed by atoms with Gasteiger partial charge in [0.15, 0.2) is 0 Å². The third-order valence-corrected chi connectivity index (χ3v) is 13.7. The van der Waals surface area contributed by atoms with Gasteiger partial charge in [-0.05, 0) is 59.6 Å². The topological polar surface area (TPSA) is 29.5 Å². The van der Waals surface area contributed by atoms with Crippen LogP contribution in [0, 0.1) is 5.41 Å². The van der Waals surface area contributed by atoms with E-state index in [-0.39, 0.29) is 22.5 Å². The van der Waals surface area contributed by atoms with Gasteiger partial charge in [0.2, 0.25) is 5.91 Å². The minimum Gasteiger partial charge on any atom is -0.404 e. The van der Waals surface area contributed by atoms with Gasteiger partial charge in [0, 0.05) is 12.6 Å². The van der Waals surface area contributed by atoms with E-state index < -0.39 is 8.32 Å². The van der Waals surface area contributed by atoms with Crippen molar-refractivity contribution in [3.8, 4) is 0 Å². The predicted octanol–water partition coefficient (Wildman–Crippen LogP) is 6.58. The molecule has 2 aliphatic rings. The highest BCUT2D eigenvalue weighted by Crippen LogP contribution is 2.48. The van der Waals surface area contributed by atoms with Crippen LogP contribution in [0.3, 0.4) is 0 Å². The number of nitrogens with zero attached hydrogens (tertiary/aromatic N) is 1. The molecule has 0 atom stereocenters. The van der Waals surface area contributed by atoms with Crippen LogP contribution in [-0.2, 0) is 9.22 Å². The highest BCUT2D eigenvalue weighted by molar-refractivity contribution is 6.99. The van der Waals surface area contributed by atoms with Crippen LogP contribution in [0.4, 0.5) is 5.69 Å². The molecule has 1 saturated carbocycles. The van der Waals surface area contributed by atoms with Gasteiger partial charge in [-0.15, -0.1) is 0 Å². The molecular formula is C31H36ClNO2Si. The number of carbonyl (C=O) groups excluding carboxylic acids is 1. The first kappa shape index (κ1) is 25.3. The van der Waals surface area contributed by atoms with Crippen LogP contribution in [0.1, 0.15) is 52.9 Å². The maximum atomic E-state index is 13.7. The van der Waals surface area contributed by atoms with E-state index in [2.05, 4.69) is 81.4 Å². The van der Waals surface area contributed by atoms with Crippen molar-refractivity contribution in [2.45, 2.75) is 64.0 Å². The Labute approximate surface area is 221 Å². The molecule has 1 spiro atoms. The number of hydrogen-bond donors (Lipinski definition) is 0. The molecule has 0 aromatic heterocycles. The van der Waals surface area contributed by atoms with E-state index in [0.29, 0.717) is 5.02 Å². The Morgan fingerprint density at radius 1 is 0.833 bits per heavy atom. The second-order valence-corrected chi connectivity index (χ2v) is 16.1. The fourth-order valence-electron chi connectivity index (χ4n) is 6.39. The van der Waals surface area contributed by atoms with E-state index in [0.717, 1.165) is 44.3 Å². The van der Waals surface area contributed by atoms with E-state index in [4.69, 9.17) is 16.0 Å². The van der Waals surface area contributed by atoms with E-state index in [1.165, 1.54) is 10.4 Å². The average molecular weight is 518 g/mol. The molecule has 188 valence electrons. The molecule has 0 bridgehead atoms. The Morgan fingerprint density at radius 3 is 1.89 bits per heavy atom. The minimum atomic E-state index is -2.59. The van der Waals surface area contributed by atoms with Crippen molar-refractivity contribution < 1.29 is 9.22 Å². The molecule has 1 aliphatic heterocycles. The summed E-state index contributed by atoms with van der Waals surface area (Å²) < 4.78 is 7.38. The van der Waals surface area contributed by atoms with E-state index in [9.17, 15) is 4.79 Å². The van der Waals surface area contributed by atoms with Gasteiger partial charge in [0.05, 0.1) is 16.1 Å². The Kier molecular flexibility index (Phi) is 6.88. The third-order valence-electron chi connectivity index (χ3n) is 8.31. The molecule has 2 fully saturated rings. The van der Waals surface area contributed by atoms with Gasteiger partial charge in [-0.2, -0.15) is 0 Å². The average Bonchev–Trinajstić information content (AvgIpc) is 3.19. The molecule has 36 heavy (non-hydrogen) atoms. The van der Waals surface area contributed by atoms with Gasteiger partial charge < -0.3 is 9.33 Å². The lowest BCUT2D eigenvalue weighted by Crippen LogP contribution is -2.68. The van der Waals surface area contributed by atoms with Crippen LogP contribution in [-0.4, -0.2) is 26.9 Å². The number of anilines is 1. The smallest absolute Gasteiger partial charge is 0.261 e. The summed E-state index contributed by atoms with van der Waals surface area (Å²) in [5, 5.41) is 3.22. The number of hydrogen-bond acceptors (Lipinski definition) is 2. The standard InChI is InChI=1S/C31H36ClNO2Si/c1-30(2,3)36(25-12-6-4-7-13-25,26-14-8-5-9-15-26)35-24-18-20-31(21-19-24)22-23-33(29(31)34)28-17-11-10-16-27(28)32/h4-17,24H,18-23H2,1-3H3. The molecule has 5 rings (SSSR count). The van der Waals surface area contributed by atoms with Crippen LogP contribution in [0.25, 0.3) is 0 Å². The van der Waals surface area contributed by atoms with Crippen molar-refractivity contribution in [2.75, 3.05) is 11.4 Å². The molecule has 0 radical (unpaired) electrons. The molecule has 3 aromatic carbocycles. The predicted molar refractivity (Wildman–Crippen MR) is 152 cm³/mol. The summed E-state index contributed by atoms with van der Waals surface area (Å²) in [6, 6.07) is 29.4. The van der Waals surface area contributed by atoms with Crippen LogP contribution in [0.5, 0.6) is 0 Å². The zero-order chi connectivity index (χ0) is 25.4.